The molecule has 1 aliphatic rings. The van der Waals surface area contributed by atoms with Crippen molar-refractivity contribution in [3.05, 3.63) is 17.5 Å². The molecule has 3 nitrogen and oxygen atoms in total. The van der Waals surface area contributed by atoms with Crippen molar-refractivity contribution in [3.8, 4) is 0 Å². The molecule has 0 unspecified atom stereocenters. The van der Waals surface area contributed by atoms with Gasteiger partial charge >= 0.3 is 0 Å². The first-order valence-electron chi connectivity index (χ1n) is 5.00. The molecular weight excluding hydrogens is 164 g/mol. The normalized spacial score (nSPS) is 18.2. The van der Waals surface area contributed by atoms with Gasteiger partial charge in [-0.2, -0.15) is 0 Å². The lowest BCUT2D eigenvalue weighted by atomic mass is 10.2. The Labute approximate surface area is 78.5 Å². The number of nitrogens with zero attached hydrogens (tertiary/aromatic N) is 1. The van der Waals surface area contributed by atoms with E-state index in [1.165, 1.54) is 25.7 Å². The van der Waals surface area contributed by atoms with E-state index in [9.17, 15) is 0 Å². The Bertz CT molecular complexity index is 264. The van der Waals surface area contributed by atoms with Crippen LogP contribution in [0.3, 0.4) is 0 Å². The van der Waals surface area contributed by atoms with Gasteiger partial charge in [0.25, 0.3) is 0 Å². The lowest BCUT2D eigenvalue weighted by molar-refractivity contribution is 0.360. The molecule has 1 aromatic heterocycles. The zero-order valence-corrected chi connectivity index (χ0v) is 8.05. The van der Waals surface area contributed by atoms with Crippen LogP contribution in [-0.4, -0.2) is 11.2 Å². The van der Waals surface area contributed by atoms with E-state index in [4.69, 9.17) is 4.52 Å². The summed E-state index contributed by atoms with van der Waals surface area (Å²) in [5.41, 5.74) is 0.961. The standard InChI is InChI=1S/C10H16N2O/c1-8-6-10(13-12-8)7-11-9-4-2-3-5-9/h6,9,11H,2-5,7H2,1H3. The molecule has 3 heteroatoms. The molecule has 2 rings (SSSR count). The molecule has 1 saturated carbocycles. The molecule has 1 fully saturated rings. The highest BCUT2D eigenvalue weighted by Gasteiger charge is 2.14. The van der Waals surface area contributed by atoms with Crippen molar-refractivity contribution in [1.82, 2.24) is 10.5 Å². The molecule has 0 aliphatic heterocycles. The van der Waals surface area contributed by atoms with Gasteiger partial charge in [-0.05, 0) is 19.8 Å². The molecule has 0 spiro atoms. The molecule has 0 aromatic carbocycles. The van der Waals surface area contributed by atoms with Crippen LogP contribution in [0.25, 0.3) is 0 Å². The maximum atomic E-state index is 5.11. The minimum absolute atomic E-state index is 0.699. The average molecular weight is 180 g/mol. The van der Waals surface area contributed by atoms with Crippen LogP contribution in [0.15, 0.2) is 10.6 Å². The first kappa shape index (κ1) is 8.75. The monoisotopic (exact) mass is 180 g/mol. The van der Waals surface area contributed by atoms with E-state index in [-0.39, 0.29) is 0 Å². The maximum Gasteiger partial charge on any atom is 0.150 e. The van der Waals surface area contributed by atoms with Gasteiger partial charge in [0.15, 0.2) is 5.76 Å². The number of aromatic nitrogens is 1. The quantitative estimate of drug-likeness (QED) is 0.773. The number of hydrogen-bond donors (Lipinski definition) is 1. The predicted molar refractivity (Wildman–Crippen MR) is 50.3 cm³/mol. The van der Waals surface area contributed by atoms with Gasteiger partial charge in [0, 0.05) is 12.1 Å². The summed E-state index contributed by atoms with van der Waals surface area (Å²) in [6.07, 6.45) is 5.36. The molecule has 72 valence electrons. The number of hydrogen-bond acceptors (Lipinski definition) is 3. The van der Waals surface area contributed by atoms with Gasteiger partial charge in [-0.15, -0.1) is 0 Å². The summed E-state index contributed by atoms with van der Waals surface area (Å²) in [7, 11) is 0. The molecule has 0 atom stereocenters. The van der Waals surface area contributed by atoms with Gasteiger partial charge in [0.2, 0.25) is 0 Å². The fourth-order valence-electron chi connectivity index (χ4n) is 1.87. The van der Waals surface area contributed by atoms with Gasteiger partial charge in [-0.25, -0.2) is 0 Å². The molecule has 0 radical (unpaired) electrons. The average Bonchev–Trinajstić information content (AvgIpc) is 2.71. The minimum atomic E-state index is 0.699. The maximum absolute atomic E-state index is 5.11. The topological polar surface area (TPSA) is 38.1 Å². The van der Waals surface area contributed by atoms with Gasteiger partial charge in [-0.3, -0.25) is 0 Å². The molecule has 0 bridgehead atoms. The van der Waals surface area contributed by atoms with Crippen LogP contribution in [0.4, 0.5) is 0 Å². The van der Waals surface area contributed by atoms with Crippen molar-refractivity contribution in [2.45, 2.75) is 45.2 Å². The van der Waals surface area contributed by atoms with Crippen LogP contribution in [0.5, 0.6) is 0 Å². The first-order valence-corrected chi connectivity index (χ1v) is 5.00. The van der Waals surface area contributed by atoms with Gasteiger partial charge in [-0.1, -0.05) is 18.0 Å². The third kappa shape index (κ3) is 2.31. The highest BCUT2D eigenvalue weighted by atomic mass is 16.5. The fraction of sp³-hybridized carbons (Fsp3) is 0.700. The van der Waals surface area contributed by atoms with Gasteiger partial charge in [0.05, 0.1) is 12.2 Å². The Kier molecular flexibility index (Phi) is 2.64. The van der Waals surface area contributed by atoms with Crippen LogP contribution in [0.2, 0.25) is 0 Å². The summed E-state index contributed by atoms with van der Waals surface area (Å²) in [6, 6.07) is 2.69. The van der Waals surface area contributed by atoms with Crippen LogP contribution >= 0.6 is 0 Å². The Hall–Kier alpha value is -0.830. The van der Waals surface area contributed by atoms with E-state index in [0.29, 0.717) is 6.04 Å². The lowest BCUT2D eigenvalue weighted by Crippen LogP contribution is -2.24. The summed E-state index contributed by atoms with van der Waals surface area (Å²) >= 11 is 0. The Morgan fingerprint density at radius 3 is 2.92 bits per heavy atom. The number of rotatable bonds is 3. The highest BCUT2D eigenvalue weighted by Crippen LogP contribution is 2.18. The van der Waals surface area contributed by atoms with E-state index in [2.05, 4.69) is 10.5 Å². The summed E-state index contributed by atoms with van der Waals surface area (Å²) in [5, 5.41) is 7.32. The van der Waals surface area contributed by atoms with Crippen LogP contribution < -0.4 is 5.32 Å². The Morgan fingerprint density at radius 1 is 1.54 bits per heavy atom. The summed E-state index contributed by atoms with van der Waals surface area (Å²) in [6.45, 7) is 2.77. The van der Waals surface area contributed by atoms with Crippen molar-refractivity contribution in [2.24, 2.45) is 0 Å². The highest BCUT2D eigenvalue weighted by molar-refractivity contribution is 5.02. The third-order valence-corrected chi connectivity index (χ3v) is 2.60. The van der Waals surface area contributed by atoms with E-state index in [1.807, 2.05) is 13.0 Å². The Balaban J connectivity index is 1.78. The molecule has 1 heterocycles. The third-order valence-electron chi connectivity index (χ3n) is 2.60. The molecular formula is C10H16N2O. The fourth-order valence-corrected chi connectivity index (χ4v) is 1.87. The molecule has 1 aliphatic carbocycles. The van der Waals surface area contributed by atoms with Crippen LogP contribution in [0, 0.1) is 6.92 Å². The van der Waals surface area contributed by atoms with E-state index in [1.54, 1.807) is 0 Å². The van der Waals surface area contributed by atoms with E-state index in [0.717, 1.165) is 18.0 Å². The van der Waals surface area contributed by atoms with Crippen LogP contribution in [0.1, 0.15) is 37.1 Å². The van der Waals surface area contributed by atoms with Crippen molar-refractivity contribution < 1.29 is 4.52 Å². The van der Waals surface area contributed by atoms with Crippen molar-refractivity contribution in [2.75, 3.05) is 0 Å². The van der Waals surface area contributed by atoms with Gasteiger partial charge < -0.3 is 9.84 Å². The van der Waals surface area contributed by atoms with Gasteiger partial charge in [0.1, 0.15) is 0 Å². The second kappa shape index (κ2) is 3.92. The minimum Gasteiger partial charge on any atom is -0.360 e. The SMILES string of the molecule is Cc1cc(CNC2CCCC2)on1. The van der Waals surface area contributed by atoms with E-state index < -0.39 is 0 Å². The number of aryl methyl sites for hydroxylation is 1. The second-order valence-electron chi connectivity index (χ2n) is 3.80. The van der Waals surface area contributed by atoms with Crippen molar-refractivity contribution in [1.29, 1.82) is 0 Å². The Morgan fingerprint density at radius 2 is 2.31 bits per heavy atom. The number of nitrogens with one attached hydrogen (secondary N) is 1. The first-order chi connectivity index (χ1) is 6.34. The summed E-state index contributed by atoms with van der Waals surface area (Å²) in [5.74, 6) is 0.949. The zero-order chi connectivity index (χ0) is 9.10. The smallest absolute Gasteiger partial charge is 0.150 e. The largest absolute Gasteiger partial charge is 0.360 e. The molecule has 1 N–H and O–H groups in total. The summed E-state index contributed by atoms with van der Waals surface area (Å²) < 4.78 is 5.11. The summed E-state index contributed by atoms with van der Waals surface area (Å²) in [4.78, 5) is 0. The van der Waals surface area contributed by atoms with Crippen LogP contribution in [-0.2, 0) is 6.54 Å². The van der Waals surface area contributed by atoms with Crippen molar-refractivity contribution in [3.63, 3.8) is 0 Å². The molecule has 0 saturated heterocycles. The second-order valence-corrected chi connectivity index (χ2v) is 3.80. The lowest BCUT2D eigenvalue weighted by Gasteiger charge is -2.08. The molecule has 1 aromatic rings. The predicted octanol–water partition coefficient (Wildman–Crippen LogP) is 2.02. The van der Waals surface area contributed by atoms with Crippen molar-refractivity contribution >= 4 is 0 Å². The van der Waals surface area contributed by atoms with E-state index >= 15 is 0 Å². The molecule has 13 heavy (non-hydrogen) atoms. The zero-order valence-electron chi connectivity index (χ0n) is 8.05. The molecule has 0 amide bonds.